The molecule has 3 nitrogen and oxygen atoms in total. The lowest BCUT2D eigenvalue weighted by atomic mass is 10.1. The first-order valence-electron chi connectivity index (χ1n) is 4.91. The van der Waals surface area contributed by atoms with Gasteiger partial charge in [0.25, 0.3) is 0 Å². The molecule has 0 spiro atoms. The molecule has 76 valence electrons. The number of nitrogen functional groups attached to an aromatic ring is 1. The monoisotopic (exact) mass is 193 g/mol. The van der Waals surface area contributed by atoms with Crippen LogP contribution in [0.25, 0.3) is 0 Å². The van der Waals surface area contributed by atoms with E-state index in [1.807, 2.05) is 24.3 Å². The maximum absolute atomic E-state index is 5.66. The van der Waals surface area contributed by atoms with Gasteiger partial charge in [0.1, 0.15) is 0 Å². The molecule has 1 aromatic rings. The summed E-state index contributed by atoms with van der Waals surface area (Å²) in [6.45, 7) is 2.15. The van der Waals surface area contributed by atoms with Crippen LogP contribution in [0.15, 0.2) is 24.3 Å². The summed E-state index contributed by atoms with van der Waals surface area (Å²) in [6.07, 6.45) is 1.09. The van der Waals surface area contributed by atoms with Gasteiger partial charge in [-0.1, -0.05) is 12.1 Å². The molecule has 0 bridgehead atoms. The minimum atomic E-state index is 0.165. The molecule has 1 aliphatic rings. The lowest BCUT2D eigenvalue weighted by molar-refractivity contribution is 0.0536. The minimum absolute atomic E-state index is 0.165. The van der Waals surface area contributed by atoms with Crippen molar-refractivity contribution < 1.29 is 9.47 Å². The van der Waals surface area contributed by atoms with Crippen molar-refractivity contribution in [2.24, 2.45) is 0 Å². The van der Waals surface area contributed by atoms with E-state index >= 15 is 0 Å². The van der Waals surface area contributed by atoms with Crippen LogP contribution in [0.1, 0.15) is 18.1 Å². The van der Waals surface area contributed by atoms with Gasteiger partial charge in [-0.25, -0.2) is 0 Å². The lowest BCUT2D eigenvalue weighted by Crippen LogP contribution is -2.04. The molecule has 2 rings (SSSR count). The van der Waals surface area contributed by atoms with Crippen LogP contribution in [-0.4, -0.2) is 19.8 Å². The highest BCUT2D eigenvalue weighted by molar-refractivity contribution is 5.39. The molecule has 14 heavy (non-hydrogen) atoms. The van der Waals surface area contributed by atoms with Crippen LogP contribution in [0, 0.1) is 0 Å². The molecule has 1 fully saturated rings. The summed E-state index contributed by atoms with van der Waals surface area (Å²) in [7, 11) is 0. The fraction of sp³-hybridized carbons (Fsp3) is 0.455. The van der Waals surface area contributed by atoms with Crippen molar-refractivity contribution in [2.75, 3.05) is 25.6 Å². The molecule has 1 saturated heterocycles. The standard InChI is InChI=1S/C11H15NO2/c12-10-3-1-9(2-4-10)11-5-6-13-7-8-14-11/h1-4,11H,5-8,12H2. The summed E-state index contributed by atoms with van der Waals surface area (Å²) in [5.41, 5.74) is 7.60. The predicted molar refractivity (Wildman–Crippen MR) is 55.0 cm³/mol. The van der Waals surface area contributed by atoms with Gasteiger partial charge in [0.15, 0.2) is 0 Å². The summed E-state index contributed by atoms with van der Waals surface area (Å²) in [5.74, 6) is 0. The fourth-order valence-corrected chi connectivity index (χ4v) is 1.60. The molecule has 0 saturated carbocycles. The van der Waals surface area contributed by atoms with Gasteiger partial charge in [-0.05, 0) is 17.7 Å². The van der Waals surface area contributed by atoms with Gasteiger partial charge >= 0.3 is 0 Å². The largest absolute Gasteiger partial charge is 0.399 e. The van der Waals surface area contributed by atoms with E-state index in [0.717, 1.165) is 18.7 Å². The molecular formula is C11H15NO2. The predicted octanol–water partition coefficient (Wildman–Crippen LogP) is 1.75. The smallest absolute Gasteiger partial charge is 0.0848 e. The van der Waals surface area contributed by atoms with Gasteiger partial charge in [-0.15, -0.1) is 0 Å². The zero-order valence-corrected chi connectivity index (χ0v) is 8.11. The van der Waals surface area contributed by atoms with E-state index in [0.29, 0.717) is 13.2 Å². The van der Waals surface area contributed by atoms with Crippen LogP contribution >= 0.6 is 0 Å². The number of nitrogens with two attached hydrogens (primary N) is 1. The summed E-state index contributed by atoms with van der Waals surface area (Å²) < 4.78 is 11.0. The highest BCUT2D eigenvalue weighted by Gasteiger charge is 2.14. The zero-order chi connectivity index (χ0) is 9.80. The van der Waals surface area contributed by atoms with E-state index in [1.165, 1.54) is 5.56 Å². The van der Waals surface area contributed by atoms with Crippen molar-refractivity contribution in [1.29, 1.82) is 0 Å². The van der Waals surface area contributed by atoms with Crippen molar-refractivity contribution in [1.82, 2.24) is 0 Å². The van der Waals surface area contributed by atoms with E-state index in [4.69, 9.17) is 15.2 Å². The van der Waals surface area contributed by atoms with E-state index in [1.54, 1.807) is 0 Å². The molecule has 1 unspecified atom stereocenters. The molecule has 0 aliphatic carbocycles. The molecule has 1 heterocycles. The van der Waals surface area contributed by atoms with Crippen LogP contribution in [0.2, 0.25) is 0 Å². The Labute approximate surface area is 83.8 Å². The number of hydrogen-bond acceptors (Lipinski definition) is 3. The van der Waals surface area contributed by atoms with Crippen LogP contribution in [0.3, 0.4) is 0 Å². The highest BCUT2D eigenvalue weighted by Crippen LogP contribution is 2.23. The number of ether oxygens (including phenoxy) is 2. The second-order valence-corrected chi connectivity index (χ2v) is 3.43. The zero-order valence-electron chi connectivity index (χ0n) is 8.11. The maximum Gasteiger partial charge on any atom is 0.0848 e. The summed E-state index contributed by atoms with van der Waals surface area (Å²) in [6, 6.07) is 7.85. The van der Waals surface area contributed by atoms with Gasteiger partial charge in [-0.3, -0.25) is 0 Å². The van der Waals surface area contributed by atoms with E-state index < -0.39 is 0 Å². The Morgan fingerprint density at radius 1 is 1.07 bits per heavy atom. The van der Waals surface area contributed by atoms with Crippen molar-refractivity contribution in [2.45, 2.75) is 12.5 Å². The summed E-state index contributed by atoms with van der Waals surface area (Å²) in [4.78, 5) is 0. The first kappa shape index (κ1) is 9.49. The molecule has 0 radical (unpaired) electrons. The number of anilines is 1. The molecule has 0 aromatic heterocycles. The second kappa shape index (κ2) is 4.44. The normalized spacial score (nSPS) is 23.0. The van der Waals surface area contributed by atoms with Crippen molar-refractivity contribution in [3.05, 3.63) is 29.8 Å². The summed E-state index contributed by atoms with van der Waals surface area (Å²) >= 11 is 0. The third-order valence-electron chi connectivity index (χ3n) is 2.38. The van der Waals surface area contributed by atoms with Gasteiger partial charge in [0.05, 0.1) is 19.3 Å². The van der Waals surface area contributed by atoms with Crippen molar-refractivity contribution in [3.63, 3.8) is 0 Å². The van der Waals surface area contributed by atoms with E-state index in [2.05, 4.69) is 0 Å². The second-order valence-electron chi connectivity index (χ2n) is 3.43. The molecule has 2 N–H and O–H groups in total. The molecular weight excluding hydrogens is 178 g/mol. The Morgan fingerprint density at radius 3 is 2.64 bits per heavy atom. The number of hydrogen-bond donors (Lipinski definition) is 1. The number of benzene rings is 1. The van der Waals surface area contributed by atoms with Crippen molar-refractivity contribution in [3.8, 4) is 0 Å². The Bertz CT molecular complexity index is 276. The van der Waals surface area contributed by atoms with Gasteiger partial charge in [-0.2, -0.15) is 0 Å². The Balaban J connectivity index is 2.08. The third-order valence-corrected chi connectivity index (χ3v) is 2.38. The van der Waals surface area contributed by atoms with Gasteiger partial charge < -0.3 is 15.2 Å². The topological polar surface area (TPSA) is 44.5 Å². The molecule has 3 heteroatoms. The maximum atomic E-state index is 5.66. The Hall–Kier alpha value is -1.06. The molecule has 1 aromatic carbocycles. The number of rotatable bonds is 1. The quantitative estimate of drug-likeness (QED) is 0.691. The average molecular weight is 193 g/mol. The lowest BCUT2D eigenvalue weighted by Gasteiger charge is -2.14. The van der Waals surface area contributed by atoms with Crippen LogP contribution in [0.5, 0.6) is 0 Å². The molecule has 0 amide bonds. The van der Waals surface area contributed by atoms with Crippen molar-refractivity contribution >= 4 is 5.69 Å². The fourth-order valence-electron chi connectivity index (χ4n) is 1.60. The van der Waals surface area contributed by atoms with Crippen LogP contribution in [-0.2, 0) is 9.47 Å². The molecule has 1 atom stereocenters. The van der Waals surface area contributed by atoms with Gasteiger partial charge in [0, 0.05) is 18.7 Å². The van der Waals surface area contributed by atoms with E-state index in [9.17, 15) is 0 Å². The highest BCUT2D eigenvalue weighted by atomic mass is 16.5. The molecule has 1 aliphatic heterocycles. The Morgan fingerprint density at radius 2 is 1.86 bits per heavy atom. The van der Waals surface area contributed by atoms with Gasteiger partial charge in [0.2, 0.25) is 0 Å². The summed E-state index contributed by atoms with van der Waals surface area (Å²) in [5, 5.41) is 0. The van der Waals surface area contributed by atoms with Crippen LogP contribution in [0.4, 0.5) is 5.69 Å². The Kier molecular flexibility index (Phi) is 3.01. The average Bonchev–Trinajstić information content (AvgIpc) is 2.47. The first-order valence-corrected chi connectivity index (χ1v) is 4.91. The minimum Gasteiger partial charge on any atom is -0.399 e. The van der Waals surface area contributed by atoms with Crippen LogP contribution < -0.4 is 5.73 Å². The third kappa shape index (κ3) is 2.25. The van der Waals surface area contributed by atoms with E-state index in [-0.39, 0.29) is 6.10 Å². The first-order chi connectivity index (χ1) is 6.86. The SMILES string of the molecule is Nc1ccc(C2CCOCCO2)cc1.